The number of aliphatic hydroxyl groups is 2. The molecule has 6 nitrogen and oxygen atoms in total. The highest BCUT2D eigenvalue weighted by molar-refractivity contribution is 5.70. The van der Waals surface area contributed by atoms with E-state index in [1.807, 2.05) is 42.5 Å². The van der Waals surface area contributed by atoms with Crippen LogP contribution in [0.15, 0.2) is 48.6 Å². The van der Waals surface area contributed by atoms with E-state index in [1.165, 1.54) is 103 Å². The van der Waals surface area contributed by atoms with E-state index in [1.54, 1.807) is 0 Å². The summed E-state index contributed by atoms with van der Waals surface area (Å²) in [5, 5.41) is 19.6. The first kappa shape index (κ1) is 47.8. The molecule has 0 heterocycles. The second-order valence-corrected chi connectivity index (χ2v) is 14.4. The summed E-state index contributed by atoms with van der Waals surface area (Å²) in [7, 11) is 0. The van der Waals surface area contributed by atoms with Crippen molar-refractivity contribution in [2.45, 2.75) is 200 Å². The molecular weight excluding hydrogens is 624 g/mol. The second-order valence-electron chi connectivity index (χ2n) is 14.4. The van der Waals surface area contributed by atoms with Crippen LogP contribution in [0.25, 0.3) is 0 Å². The van der Waals surface area contributed by atoms with Gasteiger partial charge in [0.25, 0.3) is 0 Å². The van der Waals surface area contributed by atoms with Gasteiger partial charge in [-0.15, -0.1) is 0 Å². The fourth-order valence-electron chi connectivity index (χ4n) is 5.69. The van der Waals surface area contributed by atoms with E-state index >= 15 is 0 Å². The summed E-state index contributed by atoms with van der Waals surface area (Å²) < 4.78 is 10.6. The molecule has 0 aromatic rings. The Bertz CT molecular complexity index is 874. The van der Waals surface area contributed by atoms with Crippen LogP contribution in [0.3, 0.4) is 0 Å². The second kappa shape index (κ2) is 38.1. The maximum Gasteiger partial charge on any atom is 0.306 e. The fraction of sp³-hybridized carbons (Fsp3) is 0.773. The third kappa shape index (κ3) is 37.1. The molecule has 0 spiro atoms. The molecule has 290 valence electrons. The van der Waals surface area contributed by atoms with Crippen molar-refractivity contribution in [2.24, 2.45) is 5.92 Å². The van der Waals surface area contributed by atoms with Crippen LogP contribution in [0.2, 0.25) is 0 Å². The van der Waals surface area contributed by atoms with Crippen LogP contribution in [-0.2, 0) is 19.1 Å². The maximum atomic E-state index is 12.2. The van der Waals surface area contributed by atoms with Crippen LogP contribution in [0.4, 0.5) is 0 Å². The van der Waals surface area contributed by atoms with Crippen molar-refractivity contribution in [1.29, 1.82) is 0 Å². The third-order valence-corrected chi connectivity index (χ3v) is 8.88. The van der Waals surface area contributed by atoms with E-state index in [-0.39, 0.29) is 25.6 Å². The van der Waals surface area contributed by atoms with Crippen molar-refractivity contribution in [2.75, 3.05) is 13.2 Å². The average molecular weight is 703 g/mol. The zero-order valence-electron chi connectivity index (χ0n) is 32.7. The molecule has 0 unspecified atom stereocenters. The fourth-order valence-corrected chi connectivity index (χ4v) is 5.69. The summed E-state index contributed by atoms with van der Waals surface area (Å²) in [4.78, 5) is 24.3. The number of hydrogen-bond donors (Lipinski definition) is 2. The van der Waals surface area contributed by atoms with Crippen LogP contribution in [-0.4, -0.2) is 47.6 Å². The van der Waals surface area contributed by atoms with E-state index in [4.69, 9.17) is 9.47 Å². The van der Waals surface area contributed by atoms with Crippen LogP contribution < -0.4 is 0 Å². The zero-order chi connectivity index (χ0) is 36.8. The molecule has 0 saturated carbocycles. The van der Waals surface area contributed by atoms with Crippen molar-refractivity contribution in [3.63, 3.8) is 0 Å². The molecule has 0 radical (unpaired) electrons. The minimum absolute atomic E-state index is 0.105. The molecule has 0 aliphatic carbocycles. The topological polar surface area (TPSA) is 93.1 Å². The van der Waals surface area contributed by atoms with E-state index in [0.29, 0.717) is 19.3 Å². The van der Waals surface area contributed by atoms with Gasteiger partial charge >= 0.3 is 11.9 Å². The number of carbonyl (C=O) groups excluding carboxylic acids is 2. The quantitative estimate of drug-likeness (QED) is 0.0292. The molecule has 6 heteroatoms. The molecule has 0 bridgehead atoms. The molecule has 2 N–H and O–H groups in total. The summed E-state index contributed by atoms with van der Waals surface area (Å²) >= 11 is 0. The molecule has 0 aromatic heterocycles. The van der Waals surface area contributed by atoms with Gasteiger partial charge in [0.15, 0.2) is 6.10 Å². The summed E-state index contributed by atoms with van der Waals surface area (Å²) in [6, 6.07) is 0. The monoisotopic (exact) mass is 703 g/mol. The summed E-state index contributed by atoms with van der Waals surface area (Å²) in [6.07, 6.45) is 43.4. The largest absolute Gasteiger partial charge is 0.462 e. The maximum absolute atomic E-state index is 12.2. The molecule has 50 heavy (non-hydrogen) atoms. The number of hydrogen-bond acceptors (Lipinski definition) is 6. The van der Waals surface area contributed by atoms with Crippen molar-refractivity contribution >= 4 is 11.9 Å². The van der Waals surface area contributed by atoms with Gasteiger partial charge in [-0.3, -0.25) is 9.59 Å². The Balaban J connectivity index is 3.68. The Hall–Kier alpha value is -2.18. The standard InChI is InChI=1S/C44H78O6/c1-4-5-6-7-18-24-29-34-41(46)35-30-25-20-17-22-27-32-37-44(48)50-42(38-45)39-49-43(47)36-31-26-21-16-14-12-10-8-9-11-13-15-19-23-28-33-40(2)3/h17-18,22,24-25,29-30,34,40-42,45-46H,4-16,19-21,23,26-28,31-33,35-39H2,1-3H3/b22-17+,24-18-,30-25-,34-29-/t41-,42-/m0/s1. The van der Waals surface area contributed by atoms with Crippen molar-refractivity contribution in [1.82, 2.24) is 0 Å². The minimum Gasteiger partial charge on any atom is -0.462 e. The Morgan fingerprint density at radius 2 is 1.18 bits per heavy atom. The normalized spacial score (nSPS) is 13.4. The molecule has 0 fully saturated rings. The molecule has 0 saturated heterocycles. The first-order valence-electron chi connectivity index (χ1n) is 20.7. The van der Waals surface area contributed by atoms with Crippen LogP contribution in [0, 0.1) is 5.92 Å². The Morgan fingerprint density at radius 1 is 0.620 bits per heavy atom. The van der Waals surface area contributed by atoms with Gasteiger partial charge < -0.3 is 19.7 Å². The number of rotatable bonds is 36. The van der Waals surface area contributed by atoms with Crippen molar-refractivity contribution in [3.05, 3.63) is 48.6 Å². The van der Waals surface area contributed by atoms with E-state index in [2.05, 4.69) is 26.8 Å². The molecule has 0 aromatic carbocycles. The lowest BCUT2D eigenvalue weighted by Gasteiger charge is -2.15. The Labute approximate surface area is 308 Å². The molecule has 0 amide bonds. The number of aliphatic hydroxyl groups excluding tert-OH is 2. The number of carbonyl (C=O) groups is 2. The van der Waals surface area contributed by atoms with Crippen LogP contribution in [0.1, 0.15) is 188 Å². The van der Waals surface area contributed by atoms with Crippen LogP contribution in [0.5, 0.6) is 0 Å². The lowest BCUT2D eigenvalue weighted by Crippen LogP contribution is -2.28. The molecule has 0 rings (SSSR count). The van der Waals surface area contributed by atoms with E-state index < -0.39 is 18.2 Å². The van der Waals surface area contributed by atoms with Gasteiger partial charge in [0.2, 0.25) is 0 Å². The van der Waals surface area contributed by atoms with Gasteiger partial charge in [-0.05, 0) is 50.9 Å². The summed E-state index contributed by atoms with van der Waals surface area (Å²) in [5.74, 6) is 0.153. The Kier molecular flexibility index (Phi) is 36.4. The number of unbranched alkanes of at least 4 members (excludes halogenated alkanes) is 18. The highest BCUT2D eigenvalue weighted by atomic mass is 16.6. The Morgan fingerprint density at radius 3 is 1.78 bits per heavy atom. The van der Waals surface area contributed by atoms with E-state index in [9.17, 15) is 19.8 Å². The third-order valence-electron chi connectivity index (χ3n) is 8.88. The number of esters is 2. The first-order valence-corrected chi connectivity index (χ1v) is 20.7. The molecule has 0 aliphatic heterocycles. The van der Waals surface area contributed by atoms with Gasteiger partial charge in [-0.25, -0.2) is 0 Å². The van der Waals surface area contributed by atoms with Gasteiger partial charge in [-0.2, -0.15) is 0 Å². The van der Waals surface area contributed by atoms with Crippen LogP contribution >= 0.6 is 0 Å². The average Bonchev–Trinajstić information content (AvgIpc) is 3.10. The highest BCUT2D eigenvalue weighted by Crippen LogP contribution is 2.15. The van der Waals surface area contributed by atoms with E-state index in [0.717, 1.165) is 44.4 Å². The smallest absolute Gasteiger partial charge is 0.306 e. The minimum atomic E-state index is -0.821. The van der Waals surface area contributed by atoms with Crippen molar-refractivity contribution < 1.29 is 29.3 Å². The number of allylic oxidation sites excluding steroid dienone is 6. The lowest BCUT2D eigenvalue weighted by atomic mass is 10.0. The van der Waals surface area contributed by atoms with Gasteiger partial charge in [0.1, 0.15) is 6.61 Å². The number of ether oxygens (including phenoxy) is 2. The van der Waals surface area contributed by atoms with Crippen molar-refractivity contribution in [3.8, 4) is 0 Å². The first-order chi connectivity index (χ1) is 24.4. The zero-order valence-corrected chi connectivity index (χ0v) is 32.7. The summed E-state index contributed by atoms with van der Waals surface area (Å²) in [5.41, 5.74) is 0. The predicted octanol–water partition coefficient (Wildman–Crippen LogP) is 11.8. The predicted molar refractivity (Wildman–Crippen MR) is 211 cm³/mol. The summed E-state index contributed by atoms with van der Waals surface area (Å²) in [6.45, 7) is 6.35. The molecule has 0 aliphatic rings. The van der Waals surface area contributed by atoms with Gasteiger partial charge in [0, 0.05) is 12.8 Å². The SMILES string of the molecule is CCCCC/C=C\C=C/[C@H](O)C/C=C\C/C=C/CCCC(=O)O[C@@H](CO)COC(=O)CCCCCCCCCCCCCCCCCC(C)C. The highest BCUT2D eigenvalue weighted by Gasteiger charge is 2.16. The molecule has 2 atom stereocenters. The van der Waals surface area contributed by atoms with Gasteiger partial charge in [-0.1, -0.05) is 179 Å². The lowest BCUT2D eigenvalue weighted by molar-refractivity contribution is -0.161. The molecular formula is C44H78O6. The van der Waals surface area contributed by atoms with Gasteiger partial charge in [0.05, 0.1) is 12.7 Å².